The predicted octanol–water partition coefficient (Wildman–Crippen LogP) is 3.01. The van der Waals surface area contributed by atoms with Crippen LogP contribution < -0.4 is 5.32 Å². The standard InChI is InChI=1S/C16H25N3OS.2ClH/c1-17-12-14-5-9-19(10-6-14)16(20)7-11-21-13-15-4-2-3-8-18-15;;/h2-4,8,14,17H,5-7,9-13H2,1H3;2*1H. The van der Waals surface area contributed by atoms with Crippen molar-refractivity contribution < 1.29 is 4.79 Å². The lowest BCUT2D eigenvalue weighted by molar-refractivity contribution is -0.132. The summed E-state index contributed by atoms with van der Waals surface area (Å²) in [5, 5.41) is 3.23. The van der Waals surface area contributed by atoms with Crippen LogP contribution in [0.15, 0.2) is 24.4 Å². The van der Waals surface area contributed by atoms with Gasteiger partial charge in [0, 0.05) is 37.2 Å². The highest BCUT2D eigenvalue weighted by Crippen LogP contribution is 2.18. The molecule has 1 aromatic heterocycles. The first-order valence-electron chi connectivity index (χ1n) is 7.69. The van der Waals surface area contributed by atoms with Crippen molar-refractivity contribution in [2.45, 2.75) is 25.0 Å². The number of nitrogens with one attached hydrogen (secondary N) is 1. The second kappa shape index (κ2) is 12.9. The number of carbonyl (C=O) groups is 1. The summed E-state index contributed by atoms with van der Waals surface area (Å²) in [6, 6.07) is 5.96. The number of thioether (sulfide) groups is 1. The second-order valence-electron chi connectivity index (χ2n) is 5.51. The van der Waals surface area contributed by atoms with E-state index in [1.54, 1.807) is 11.8 Å². The Kier molecular flexibility index (Phi) is 12.6. The van der Waals surface area contributed by atoms with Crippen molar-refractivity contribution in [1.82, 2.24) is 15.2 Å². The number of piperidine rings is 1. The summed E-state index contributed by atoms with van der Waals surface area (Å²) >= 11 is 1.79. The second-order valence-corrected chi connectivity index (χ2v) is 6.61. The highest BCUT2D eigenvalue weighted by molar-refractivity contribution is 7.98. The summed E-state index contributed by atoms with van der Waals surface area (Å²) in [4.78, 5) is 18.5. The molecule has 1 aliphatic heterocycles. The molecule has 0 aromatic carbocycles. The van der Waals surface area contributed by atoms with E-state index in [2.05, 4.69) is 10.3 Å². The normalized spacial score (nSPS) is 14.7. The Labute approximate surface area is 156 Å². The van der Waals surface area contributed by atoms with Crippen molar-refractivity contribution >= 4 is 42.5 Å². The largest absolute Gasteiger partial charge is 0.343 e. The molecule has 1 amide bonds. The molecular weight excluding hydrogens is 353 g/mol. The van der Waals surface area contributed by atoms with Gasteiger partial charge in [0.15, 0.2) is 0 Å². The molecule has 0 aliphatic carbocycles. The van der Waals surface area contributed by atoms with Crippen molar-refractivity contribution in [1.29, 1.82) is 0 Å². The van der Waals surface area contributed by atoms with E-state index in [9.17, 15) is 4.79 Å². The van der Waals surface area contributed by atoms with Gasteiger partial charge in [-0.15, -0.1) is 24.8 Å². The van der Waals surface area contributed by atoms with Crippen molar-refractivity contribution in [3.63, 3.8) is 0 Å². The Hall–Kier alpha value is -0.490. The van der Waals surface area contributed by atoms with Crippen LogP contribution in [0.3, 0.4) is 0 Å². The van der Waals surface area contributed by atoms with Crippen LogP contribution in [-0.4, -0.2) is 48.2 Å². The zero-order chi connectivity index (χ0) is 14.9. The van der Waals surface area contributed by atoms with Gasteiger partial charge in [0.1, 0.15) is 0 Å². The molecule has 0 radical (unpaired) electrons. The Bertz CT molecular complexity index is 429. The van der Waals surface area contributed by atoms with Crippen molar-refractivity contribution in [2.24, 2.45) is 5.92 Å². The topological polar surface area (TPSA) is 45.2 Å². The van der Waals surface area contributed by atoms with Crippen LogP contribution in [0.5, 0.6) is 0 Å². The number of halogens is 2. The molecule has 1 aliphatic rings. The van der Waals surface area contributed by atoms with Crippen LogP contribution in [-0.2, 0) is 10.5 Å². The zero-order valence-electron chi connectivity index (χ0n) is 13.6. The third kappa shape index (κ3) is 8.25. The van der Waals surface area contributed by atoms with Gasteiger partial charge in [-0.1, -0.05) is 6.07 Å². The molecule has 1 saturated heterocycles. The Balaban J connectivity index is 0.00000242. The number of likely N-dealkylation sites (tertiary alicyclic amines) is 1. The summed E-state index contributed by atoms with van der Waals surface area (Å²) in [5.41, 5.74) is 1.09. The average Bonchev–Trinajstić information content (AvgIpc) is 2.53. The maximum atomic E-state index is 12.2. The zero-order valence-corrected chi connectivity index (χ0v) is 16.0. The van der Waals surface area contributed by atoms with E-state index in [1.165, 1.54) is 0 Å². The minimum Gasteiger partial charge on any atom is -0.343 e. The van der Waals surface area contributed by atoms with Crippen molar-refractivity contribution in [2.75, 3.05) is 32.4 Å². The quantitative estimate of drug-likeness (QED) is 0.739. The predicted molar refractivity (Wildman–Crippen MR) is 103 cm³/mol. The summed E-state index contributed by atoms with van der Waals surface area (Å²) < 4.78 is 0. The van der Waals surface area contributed by atoms with Gasteiger partial charge in [-0.05, 0) is 44.5 Å². The first-order valence-corrected chi connectivity index (χ1v) is 8.85. The van der Waals surface area contributed by atoms with E-state index in [1.807, 2.05) is 36.3 Å². The fourth-order valence-electron chi connectivity index (χ4n) is 2.65. The van der Waals surface area contributed by atoms with Crippen molar-refractivity contribution in [3.05, 3.63) is 30.1 Å². The molecule has 23 heavy (non-hydrogen) atoms. The van der Waals surface area contributed by atoms with Gasteiger partial charge < -0.3 is 10.2 Å². The molecule has 1 aromatic rings. The molecule has 1 fully saturated rings. The van der Waals surface area contributed by atoms with Crippen LogP contribution in [0.4, 0.5) is 0 Å². The third-order valence-corrected chi connectivity index (χ3v) is 4.89. The number of carbonyl (C=O) groups excluding carboxylic acids is 1. The highest BCUT2D eigenvalue weighted by Gasteiger charge is 2.21. The smallest absolute Gasteiger partial charge is 0.223 e. The number of amides is 1. The van der Waals surface area contributed by atoms with E-state index in [0.29, 0.717) is 12.3 Å². The molecule has 0 atom stereocenters. The van der Waals surface area contributed by atoms with Crippen LogP contribution in [0.25, 0.3) is 0 Å². The number of hydrogen-bond donors (Lipinski definition) is 1. The lowest BCUT2D eigenvalue weighted by Gasteiger charge is -2.32. The lowest BCUT2D eigenvalue weighted by atomic mass is 9.97. The van der Waals surface area contributed by atoms with E-state index < -0.39 is 0 Å². The number of nitrogens with zero attached hydrogens (tertiary/aromatic N) is 2. The molecule has 2 rings (SSSR count). The lowest BCUT2D eigenvalue weighted by Crippen LogP contribution is -2.40. The number of pyridine rings is 1. The molecule has 4 nitrogen and oxygen atoms in total. The molecule has 0 saturated carbocycles. The first kappa shape index (κ1) is 22.5. The van der Waals surface area contributed by atoms with E-state index in [4.69, 9.17) is 0 Å². The molecule has 132 valence electrons. The fraction of sp³-hybridized carbons (Fsp3) is 0.625. The minimum atomic E-state index is 0. The van der Waals surface area contributed by atoms with Crippen LogP contribution in [0.2, 0.25) is 0 Å². The maximum Gasteiger partial charge on any atom is 0.223 e. The molecule has 0 spiro atoms. The van der Waals surface area contributed by atoms with Gasteiger partial charge in [-0.3, -0.25) is 9.78 Å². The molecule has 2 heterocycles. The molecule has 0 unspecified atom stereocenters. The number of rotatable bonds is 7. The van der Waals surface area contributed by atoms with E-state index >= 15 is 0 Å². The van der Waals surface area contributed by atoms with Crippen LogP contribution in [0, 0.1) is 5.92 Å². The van der Waals surface area contributed by atoms with Gasteiger partial charge in [0.2, 0.25) is 5.91 Å². The van der Waals surface area contributed by atoms with Gasteiger partial charge in [-0.25, -0.2) is 0 Å². The molecule has 0 bridgehead atoms. The minimum absolute atomic E-state index is 0. The highest BCUT2D eigenvalue weighted by atomic mass is 35.5. The summed E-state index contributed by atoms with van der Waals surface area (Å²) in [7, 11) is 2.00. The van der Waals surface area contributed by atoms with E-state index in [0.717, 1.165) is 55.6 Å². The Morgan fingerprint density at radius 3 is 2.70 bits per heavy atom. The van der Waals surface area contributed by atoms with Gasteiger partial charge >= 0.3 is 0 Å². The Morgan fingerprint density at radius 1 is 1.35 bits per heavy atom. The Morgan fingerprint density at radius 2 is 2.09 bits per heavy atom. The maximum absolute atomic E-state index is 12.2. The van der Waals surface area contributed by atoms with Gasteiger partial charge in [0.05, 0.1) is 5.69 Å². The molecule has 1 N–H and O–H groups in total. The molecule has 7 heteroatoms. The van der Waals surface area contributed by atoms with E-state index in [-0.39, 0.29) is 24.8 Å². The monoisotopic (exact) mass is 379 g/mol. The fourth-order valence-corrected chi connectivity index (χ4v) is 3.50. The van der Waals surface area contributed by atoms with Crippen LogP contribution >= 0.6 is 36.6 Å². The van der Waals surface area contributed by atoms with Gasteiger partial charge in [-0.2, -0.15) is 11.8 Å². The van der Waals surface area contributed by atoms with Crippen LogP contribution in [0.1, 0.15) is 25.0 Å². The van der Waals surface area contributed by atoms with Gasteiger partial charge in [0.25, 0.3) is 0 Å². The number of hydrogen-bond acceptors (Lipinski definition) is 4. The van der Waals surface area contributed by atoms with Crippen molar-refractivity contribution in [3.8, 4) is 0 Å². The number of aromatic nitrogens is 1. The average molecular weight is 380 g/mol. The first-order chi connectivity index (χ1) is 10.3. The molecular formula is C16H27Cl2N3OS. The third-order valence-electron chi connectivity index (χ3n) is 3.90. The summed E-state index contributed by atoms with van der Waals surface area (Å²) in [6.07, 6.45) is 4.73. The SMILES string of the molecule is CNCC1CCN(C(=O)CCSCc2ccccn2)CC1.Cl.Cl. The summed E-state index contributed by atoms with van der Waals surface area (Å²) in [5.74, 6) is 2.81. The summed E-state index contributed by atoms with van der Waals surface area (Å²) in [6.45, 7) is 2.92.